The fourth-order valence-corrected chi connectivity index (χ4v) is 1.97. The lowest BCUT2D eigenvalue weighted by Gasteiger charge is -2.15. The number of fused-ring (bicyclic) bond motifs is 1. The van der Waals surface area contributed by atoms with Crippen molar-refractivity contribution in [1.29, 1.82) is 5.26 Å². The molecule has 4 nitrogen and oxygen atoms in total. The minimum Gasteiger partial charge on any atom is -0.454 e. The number of nitrogens with zero attached hydrogens (tertiary/aromatic N) is 1. The lowest BCUT2D eigenvalue weighted by atomic mass is 10.1. The van der Waals surface area contributed by atoms with Crippen LogP contribution in [-0.4, -0.2) is 12.8 Å². The molecule has 0 aliphatic carbocycles. The van der Waals surface area contributed by atoms with E-state index >= 15 is 0 Å². The molecule has 1 aliphatic rings. The maximum Gasteiger partial charge on any atom is 0.231 e. The van der Waals surface area contributed by atoms with Gasteiger partial charge in [0.15, 0.2) is 11.5 Å². The highest BCUT2D eigenvalue weighted by molar-refractivity contribution is 6.32. The second-order valence-corrected chi connectivity index (χ2v) is 4.53. The SMILES string of the molecule is CC(C)NC(C#N)c1cc(Cl)c2c(c1)OCO2. The van der Waals surface area contributed by atoms with Crippen LogP contribution in [0.2, 0.25) is 5.02 Å². The van der Waals surface area contributed by atoms with Gasteiger partial charge in [-0.25, -0.2) is 0 Å². The number of halogens is 1. The predicted octanol–water partition coefficient (Wildman–Crippen LogP) is 2.63. The molecule has 1 aromatic carbocycles. The van der Waals surface area contributed by atoms with Crippen molar-refractivity contribution in [3.63, 3.8) is 0 Å². The molecule has 0 radical (unpaired) electrons. The Kier molecular flexibility index (Phi) is 3.41. The smallest absolute Gasteiger partial charge is 0.231 e. The van der Waals surface area contributed by atoms with Crippen molar-refractivity contribution in [3.05, 3.63) is 22.7 Å². The zero-order valence-corrected chi connectivity index (χ0v) is 10.4. The Morgan fingerprint density at radius 3 is 2.82 bits per heavy atom. The van der Waals surface area contributed by atoms with E-state index in [4.69, 9.17) is 26.3 Å². The number of ether oxygens (including phenoxy) is 2. The first-order chi connectivity index (χ1) is 8.11. The van der Waals surface area contributed by atoms with E-state index in [0.717, 1.165) is 5.56 Å². The van der Waals surface area contributed by atoms with Gasteiger partial charge >= 0.3 is 0 Å². The van der Waals surface area contributed by atoms with Crippen LogP contribution in [0.15, 0.2) is 12.1 Å². The van der Waals surface area contributed by atoms with E-state index in [2.05, 4.69) is 11.4 Å². The van der Waals surface area contributed by atoms with Crippen LogP contribution in [0.1, 0.15) is 25.5 Å². The number of benzene rings is 1. The lowest BCUT2D eigenvalue weighted by Crippen LogP contribution is -2.27. The Labute approximate surface area is 105 Å². The van der Waals surface area contributed by atoms with E-state index in [0.29, 0.717) is 16.5 Å². The Bertz CT molecular complexity index is 468. The van der Waals surface area contributed by atoms with E-state index in [9.17, 15) is 0 Å². The van der Waals surface area contributed by atoms with Crippen LogP contribution in [0, 0.1) is 11.3 Å². The average Bonchev–Trinajstić information content (AvgIpc) is 2.74. The van der Waals surface area contributed by atoms with Gasteiger partial charge in [-0.3, -0.25) is 5.32 Å². The third-order valence-electron chi connectivity index (χ3n) is 2.41. The summed E-state index contributed by atoms with van der Waals surface area (Å²) in [5, 5.41) is 12.8. The summed E-state index contributed by atoms with van der Waals surface area (Å²) >= 11 is 6.07. The van der Waals surface area contributed by atoms with E-state index in [1.165, 1.54) is 0 Å². The van der Waals surface area contributed by atoms with Crippen molar-refractivity contribution in [3.8, 4) is 17.6 Å². The molecule has 0 spiro atoms. The molecule has 1 unspecified atom stereocenters. The Morgan fingerprint density at radius 1 is 1.41 bits per heavy atom. The molecule has 1 heterocycles. The van der Waals surface area contributed by atoms with Crippen LogP contribution < -0.4 is 14.8 Å². The first-order valence-corrected chi connectivity index (χ1v) is 5.74. The van der Waals surface area contributed by atoms with Crippen LogP contribution in [-0.2, 0) is 0 Å². The van der Waals surface area contributed by atoms with Crippen molar-refractivity contribution >= 4 is 11.6 Å². The van der Waals surface area contributed by atoms with Gasteiger partial charge in [-0.1, -0.05) is 11.6 Å². The predicted molar refractivity (Wildman–Crippen MR) is 64.2 cm³/mol. The van der Waals surface area contributed by atoms with Crippen LogP contribution in [0.25, 0.3) is 0 Å². The Balaban J connectivity index is 2.33. The summed E-state index contributed by atoms with van der Waals surface area (Å²) in [7, 11) is 0. The van der Waals surface area contributed by atoms with Gasteiger partial charge in [0.25, 0.3) is 0 Å². The fourth-order valence-electron chi connectivity index (χ4n) is 1.70. The topological polar surface area (TPSA) is 54.3 Å². The second-order valence-electron chi connectivity index (χ2n) is 4.12. The minimum atomic E-state index is -0.401. The third-order valence-corrected chi connectivity index (χ3v) is 2.69. The molecule has 0 saturated carbocycles. The fraction of sp³-hybridized carbons (Fsp3) is 0.417. The standard InChI is InChI=1S/C12H13ClN2O2/c1-7(2)15-10(5-14)8-3-9(13)12-11(4-8)16-6-17-12/h3-4,7,10,15H,6H2,1-2H3. The van der Waals surface area contributed by atoms with E-state index in [-0.39, 0.29) is 12.8 Å². The molecule has 5 heteroatoms. The van der Waals surface area contributed by atoms with Gasteiger partial charge in [0, 0.05) is 6.04 Å². The summed E-state index contributed by atoms with van der Waals surface area (Å²) < 4.78 is 10.5. The van der Waals surface area contributed by atoms with Crippen LogP contribution in [0.5, 0.6) is 11.5 Å². The number of nitriles is 1. The highest BCUT2D eigenvalue weighted by Crippen LogP contribution is 2.40. The van der Waals surface area contributed by atoms with Gasteiger partial charge in [-0.2, -0.15) is 5.26 Å². The average molecular weight is 253 g/mol. The summed E-state index contributed by atoms with van der Waals surface area (Å²) in [4.78, 5) is 0. The van der Waals surface area contributed by atoms with Crippen molar-refractivity contribution in [2.75, 3.05) is 6.79 Å². The zero-order chi connectivity index (χ0) is 12.4. The molecular weight excluding hydrogens is 240 g/mol. The van der Waals surface area contributed by atoms with Gasteiger partial charge in [0.2, 0.25) is 6.79 Å². The molecule has 1 aromatic rings. The largest absolute Gasteiger partial charge is 0.454 e. The molecule has 90 valence electrons. The highest BCUT2D eigenvalue weighted by atomic mass is 35.5. The molecule has 0 saturated heterocycles. The van der Waals surface area contributed by atoms with Crippen molar-refractivity contribution in [2.24, 2.45) is 0 Å². The monoisotopic (exact) mass is 252 g/mol. The molecule has 2 rings (SSSR count). The Morgan fingerprint density at radius 2 is 2.18 bits per heavy atom. The van der Waals surface area contributed by atoms with Crippen LogP contribution >= 0.6 is 11.6 Å². The van der Waals surface area contributed by atoms with Gasteiger partial charge in [0.1, 0.15) is 6.04 Å². The Hall–Kier alpha value is -1.44. The van der Waals surface area contributed by atoms with Gasteiger partial charge in [-0.15, -0.1) is 0 Å². The van der Waals surface area contributed by atoms with Gasteiger partial charge < -0.3 is 9.47 Å². The summed E-state index contributed by atoms with van der Waals surface area (Å²) in [5.74, 6) is 1.15. The summed E-state index contributed by atoms with van der Waals surface area (Å²) in [6, 6.07) is 5.54. The molecule has 1 aliphatic heterocycles. The summed E-state index contributed by atoms with van der Waals surface area (Å²) in [6.07, 6.45) is 0. The maximum atomic E-state index is 9.14. The molecule has 1 N–H and O–H groups in total. The number of hydrogen-bond donors (Lipinski definition) is 1. The summed E-state index contributed by atoms with van der Waals surface area (Å²) in [6.45, 7) is 4.14. The third kappa shape index (κ3) is 2.46. The molecule has 0 aromatic heterocycles. The highest BCUT2D eigenvalue weighted by Gasteiger charge is 2.21. The second kappa shape index (κ2) is 4.82. The number of nitrogens with one attached hydrogen (secondary N) is 1. The number of rotatable bonds is 3. The van der Waals surface area contributed by atoms with E-state index < -0.39 is 6.04 Å². The van der Waals surface area contributed by atoms with Crippen molar-refractivity contribution in [1.82, 2.24) is 5.32 Å². The lowest BCUT2D eigenvalue weighted by molar-refractivity contribution is 0.174. The maximum absolute atomic E-state index is 9.14. The number of hydrogen-bond acceptors (Lipinski definition) is 4. The van der Waals surface area contributed by atoms with Crippen LogP contribution in [0.3, 0.4) is 0 Å². The van der Waals surface area contributed by atoms with Crippen molar-refractivity contribution in [2.45, 2.75) is 25.9 Å². The van der Waals surface area contributed by atoms with E-state index in [1.807, 2.05) is 13.8 Å². The normalized spacial score (nSPS) is 14.8. The minimum absolute atomic E-state index is 0.174. The first-order valence-electron chi connectivity index (χ1n) is 5.36. The zero-order valence-electron chi connectivity index (χ0n) is 9.66. The molecular formula is C12H13ClN2O2. The molecule has 17 heavy (non-hydrogen) atoms. The molecule has 0 bridgehead atoms. The van der Waals surface area contributed by atoms with Crippen molar-refractivity contribution < 1.29 is 9.47 Å². The van der Waals surface area contributed by atoms with E-state index in [1.54, 1.807) is 12.1 Å². The first kappa shape index (κ1) is 12.0. The van der Waals surface area contributed by atoms with Gasteiger partial charge in [0.05, 0.1) is 11.1 Å². The molecule has 1 atom stereocenters. The molecule has 0 fully saturated rings. The van der Waals surface area contributed by atoms with Gasteiger partial charge in [-0.05, 0) is 31.5 Å². The quantitative estimate of drug-likeness (QED) is 0.899. The van der Waals surface area contributed by atoms with Crippen LogP contribution in [0.4, 0.5) is 0 Å². The summed E-state index contributed by atoms with van der Waals surface area (Å²) in [5.41, 5.74) is 0.787. The molecule has 0 amide bonds.